The van der Waals surface area contributed by atoms with E-state index in [1.807, 2.05) is 0 Å². The maximum Gasteiger partial charge on any atom is 0.0357 e. The Kier molecular flexibility index (Phi) is 5.59. The Morgan fingerprint density at radius 3 is 2.56 bits per heavy atom. The molecule has 0 rings (SSSR count). The van der Waals surface area contributed by atoms with Crippen LogP contribution in [0.1, 0.15) is 33.6 Å². The molecule has 54 valence electrons. The highest BCUT2D eigenvalue weighted by atomic mass is 14.7. The molecule has 0 spiro atoms. The zero-order valence-corrected chi connectivity index (χ0v) is 6.72. The van der Waals surface area contributed by atoms with Gasteiger partial charge in [-0.15, -0.1) is 0 Å². The molecule has 1 unspecified atom stereocenters. The maximum atomic E-state index is 4.17. The van der Waals surface area contributed by atoms with Gasteiger partial charge in [0.05, 0.1) is 0 Å². The zero-order chi connectivity index (χ0) is 7.11. The Morgan fingerprint density at radius 1 is 1.44 bits per heavy atom. The van der Waals surface area contributed by atoms with E-state index in [4.69, 9.17) is 0 Å². The van der Waals surface area contributed by atoms with E-state index in [-0.39, 0.29) is 0 Å². The number of aliphatic imine (C=N–C) groups is 1. The Labute approximate surface area is 58.2 Å². The molecule has 9 heavy (non-hydrogen) atoms. The summed E-state index contributed by atoms with van der Waals surface area (Å²) >= 11 is 0. The highest BCUT2D eigenvalue weighted by Gasteiger charge is 1.92. The predicted octanol–water partition coefficient (Wildman–Crippen LogP) is 2.51. The second kappa shape index (κ2) is 5.80. The second-order valence-electron chi connectivity index (χ2n) is 2.41. The van der Waals surface area contributed by atoms with E-state index in [9.17, 15) is 0 Å². The Morgan fingerprint density at radius 2 is 2.11 bits per heavy atom. The summed E-state index contributed by atoms with van der Waals surface area (Å²) in [6, 6.07) is 0. The standard InChI is InChI=1S/C8H17N/c1-4-6-8(3)7-9-5-2/h7-8H,4-6H2,1-3H3/b9-7+. The summed E-state index contributed by atoms with van der Waals surface area (Å²) in [4.78, 5) is 4.17. The van der Waals surface area contributed by atoms with E-state index in [1.165, 1.54) is 12.8 Å². The van der Waals surface area contributed by atoms with E-state index in [0.29, 0.717) is 5.92 Å². The van der Waals surface area contributed by atoms with Crippen molar-refractivity contribution < 1.29 is 0 Å². The molecule has 0 aromatic carbocycles. The lowest BCUT2D eigenvalue weighted by Crippen LogP contribution is -1.94. The van der Waals surface area contributed by atoms with Crippen LogP contribution in [0.4, 0.5) is 0 Å². The quantitative estimate of drug-likeness (QED) is 0.514. The van der Waals surface area contributed by atoms with Crippen LogP contribution < -0.4 is 0 Å². The van der Waals surface area contributed by atoms with Crippen LogP contribution in [0.25, 0.3) is 0 Å². The number of rotatable bonds is 4. The van der Waals surface area contributed by atoms with Gasteiger partial charge < -0.3 is 0 Å². The number of hydrogen-bond acceptors (Lipinski definition) is 1. The molecule has 0 aliphatic rings. The summed E-state index contributed by atoms with van der Waals surface area (Å²) in [5, 5.41) is 0. The minimum atomic E-state index is 0.676. The lowest BCUT2D eigenvalue weighted by molar-refractivity contribution is 0.675. The molecular weight excluding hydrogens is 110 g/mol. The maximum absolute atomic E-state index is 4.17. The first-order chi connectivity index (χ1) is 4.31. The molecule has 0 saturated carbocycles. The highest BCUT2D eigenvalue weighted by Crippen LogP contribution is 2.00. The van der Waals surface area contributed by atoms with Gasteiger partial charge in [0, 0.05) is 12.8 Å². The molecule has 0 aromatic rings. The molecule has 0 radical (unpaired) electrons. The largest absolute Gasteiger partial charge is 0.298 e. The average Bonchev–Trinajstić information content (AvgIpc) is 1.85. The third-order valence-electron chi connectivity index (χ3n) is 1.29. The first kappa shape index (κ1) is 8.67. The molecule has 0 aromatic heterocycles. The van der Waals surface area contributed by atoms with Gasteiger partial charge >= 0.3 is 0 Å². The molecule has 0 N–H and O–H groups in total. The smallest absolute Gasteiger partial charge is 0.0357 e. The first-order valence-electron chi connectivity index (χ1n) is 3.81. The van der Waals surface area contributed by atoms with Crippen LogP contribution in [0.5, 0.6) is 0 Å². The van der Waals surface area contributed by atoms with Crippen LogP contribution in [0.3, 0.4) is 0 Å². The Balaban J connectivity index is 3.25. The van der Waals surface area contributed by atoms with E-state index in [2.05, 4.69) is 32.0 Å². The molecule has 0 saturated heterocycles. The van der Waals surface area contributed by atoms with Crippen molar-refractivity contribution in [3.63, 3.8) is 0 Å². The monoisotopic (exact) mass is 127 g/mol. The fraction of sp³-hybridized carbons (Fsp3) is 0.875. The molecule has 0 amide bonds. The summed E-state index contributed by atoms with van der Waals surface area (Å²) in [6.45, 7) is 7.40. The van der Waals surface area contributed by atoms with Crippen molar-refractivity contribution in [2.75, 3.05) is 6.54 Å². The van der Waals surface area contributed by atoms with Crippen LogP contribution >= 0.6 is 0 Å². The number of nitrogens with zero attached hydrogens (tertiary/aromatic N) is 1. The van der Waals surface area contributed by atoms with Gasteiger partial charge in [-0.25, -0.2) is 0 Å². The van der Waals surface area contributed by atoms with Gasteiger partial charge in [0.1, 0.15) is 0 Å². The van der Waals surface area contributed by atoms with Crippen molar-refractivity contribution in [3.05, 3.63) is 0 Å². The minimum Gasteiger partial charge on any atom is -0.298 e. The highest BCUT2D eigenvalue weighted by molar-refractivity contribution is 5.59. The minimum absolute atomic E-state index is 0.676. The van der Waals surface area contributed by atoms with E-state index in [0.717, 1.165) is 6.54 Å². The molecule has 1 heteroatoms. The lowest BCUT2D eigenvalue weighted by Gasteiger charge is -1.99. The average molecular weight is 127 g/mol. The van der Waals surface area contributed by atoms with Crippen molar-refractivity contribution in [2.24, 2.45) is 10.9 Å². The van der Waals surface area contributed by atoms with Gasteiger partial charge in [0.2, 0.25) is 0 Å². The van der Waals surface area contributed by atoms with Crippen molar-refractivity contribution in [1.82, 2.24) is 0 Å². The lowest BCUT2D eigenvalue weighted by atomic mass is 10.1. The summed E-state index contributed by atoms with van der Waals surface area (Å²) in [5.74, 6) is 0.676. The van der Waals surface area contributed by atoms with E-state index in [1.54, 1.807) is 0 Å². The Bertz CT molecular complexity index is 76.6. The molecule has 0 aliphatic carbocycles. The molecule has 0 aliphatic heterocycles. The predicted molar refractivity (Wildman–Crippen MR) is 43.1 cm³/mol. The van der Waals surface area contributed by atoms with Gasteiger partial charge in [-0.1, -0.05) is 20.3 Å². The normalized spacial score (nSPS) is 14.6. The van der Waals surface area contributed by atoms with Crippen LogP contribution in [0.15, 0.2) is 4.99 Å². The summed E-state index contributed by atoms with van der Waals surface area (Å²) in [6.07, 6.45) is 4.59. The van der Waals surface area contributed by atoms with Crippen molar-refractivity contribution in [1.29, 1.82) is 0 Å². The number of hydrogen-bond donors (Lipinski definition) is 0. The van der Waals surface area contributed by atoms with Crippen molar-refractivity contribution in [2.45, 2.75) is 33.6 Å². The van der Waals surface area contributed by atoms with Crippen LogP contribution in [-0.2, 0) is 0 Å². The van der Waals surface area contributed by atoms with E-state index >= 15 is 0 Å². The molecule has 1 nitrogen and oxygen atoms in total. The second-order valence-corrected chi connectivity index (χ2v) is 2.41. The zero-order valence-electron chi connectivity index (χ0n) is 6.72. The van der Waals surface area contributed by atoms with Gasteiger partial charge in [0.25, 0.3) is 0 Å². The third kappa shape index (κ3) is 5.54. The first-order valence-corrected chi connectivity index (χ1v) is 3.81. The summed E-state index contributed by atoms with van der Waals surface area (Å²) in [7, 11) is 0. The molecule has 0 fully saturated rings. The van der Waals surface area contributed by atoms with Gasteiger partial charge in [0.15, 0.2) is 0 Å². The van der Waals surface area contributed by atoms with Gasteiger partial charge in [-0.2, -0.15) is 0 Å². The van der Waals surface area contributed by atoms with E-state index < -0.39 is 0 Å². The van der Waals surface area contributed by atoms with Crippen molar-refractivity contribution >= 4 is 6.21 Å². The van der Waals surface area contributed by atoms with Gasteiger partial charge in [-0.05, 0) is 19.3 Å². The SMILES string of the molecule is CCCC(C)/C=N/CC. The fourth-order valence-electron chi connectivity index (χ4n) is 0.815. The Hall–Kier alpha value is -0.330. The molecular formula is C8H17N. The van der Waals surface area contributed by atoms with Crippen molar-refractivity contribution in [3.8, 4) is 0 Å². The molecule has 0 bridgehead atoms. The van der Waals surface area contributed by atoms with Crippen LogP contribution in [-0.4, -0.2) is 12.8 Å². The topological polar surface area (TPSA) is 12.4 Å². The summed E-state index contributed by atoms with van der Waals surface area (Å²) in [5.41, 5.74) is 0. The summed E-state index contributed by atoms with van der Waals surface area (Å²) < 4.78 is 0. The van der Waals surface area contributed by atoms with Crippen LogP contribution in [0, 0.1) is 5.92 Å². The fourth-order valence-corrected chi connectivity index (χ4v) is 0.815. The van der Waals surface area contributed by atoms with Crippen LogP contribution in [0.2, 0.25) is 0 Å². The molecule has 0 heterocycles. The third-order valence-corrected chi connectivity index (χ3v) is 1.29. The molecule has 1 atom stereocenters. The van der Waals surface area contributed by atoms with Gasteiger partial charge in [-0.3, -0.25) is 4.99 Å².